The first-order valence-corrected chi connectivity index (χ1v) is 7.84. The molecular weight excluding hydrogens is 356 g/mol. The second kappa shape index (κ2) is 5.55. The van der Waals surface area contributed by atoms with Crippen LogP contribution in [0.1, 0.15) is 10.4 Å². The number of amides is 1. The predicted molar refractivity (Wildman–Crippen MR) is 89.0 cm³/mol. The van der Waals surface area contributed by atoms with Crippen molar-refractivity contribution in [1.29, 1.82) is 0 Å². The highest BCUT2D eigenvalue weighted by Gasteiger charge is 2.13. The Bertz CT molecular complexity index is 768. The first-order chi connectivity index (χ1) is 9.63. The summed E-state index contributed by atoms with van der Waals surface area (Å²) in [5.41, 5.74) is 1.42. The molecule has 0 unspecified atom stereocenters. The average molecular weight is 365 g/mol. The van der Waals surface area contributed by atoms with Gasteiger partial charge in [0.2, 0.25) is 0 Å². The quantitative estimate of drug-likeness (QED) is 0.652. The summed E-state index contributed by atoms with van der Waals surface area (Å²) in [4.78, 5) is 17.4. The van der Waals surface area contributed by atoms with Gasteiger partial charge >= 0.3 is 0 Å². The molecule has 3 nitrogen and oxygen atoms in total. The van der Waals surface area contributed by atoms with Gasteiger partial charge in [0, 0.05) is 9.37 Å². The number of benzene rings is 2. The molecule has 0 fully saturated rings. The second-order valence-electron chi connectivity index (χ2n) is 4.11. The Balaban J connectivity index is 1.90. The lowest BCUT2D eigenvalue weighted by Gasteiger charge is -2.04. The van der Waals surface area contributed by atoms with Gasteiger partial charge in [0.1, 0.15) is 0 Å². The van der Waals surface area contributed by atoms with Gasteiger partial charge < -0.3 is 0 Å². The van der Waals surface area contributed by atoms with E-state index in [1.165, 1.54) is 11.3 Å². The number of carbonyl (C=O) groups is 1. The highest BCUT2D eigenvalue weighted by Crippen LogP contribution is 2.27. The molecule has 0 aliphatic carbocycles. The van der Waals surface area contributed by atoms with Gasteiger partial charge in [0.15, 0.2) is 5.13 Å². The van der Waals surface area contributed by atoms with Crippen molar-refractivity contribution in [3.8, 4) is 0 Å². The van der Waals surface area contributed by atoms with Crippen LogP contribution < -0.4 is 5.32 Å². The zero-order chi connectivity index (χ0) is 14.1. The number of hydrogen-bond donors (Lipinski definition) is 2. The van der Waals surface area contributed by atoms with E-state index in [1.807, 2.05) is 30.3 Å². The summed E-state index contributed by atoms with van der Waals surface area (Å²) in [5.74, 6) is -0.202. The summed E-state index contributed by atoms with van der Waals surface area (Å²) in [6.45, 7) is 0. The smallest absolute Gasteiger partial charge is 0.258 e. The maximum Gasteiger partial charge on any atom is 0.258 e. The largest absolute Gasteiger partial charge is 0.298 e. The molecule has 0 radical (unpaired) electrons. The molecule has 100 valence electrons. The van der Waals surface area contributed by atoms with Crippen molar-refractivity contribution in [2.45, 2.75) is 4.90 Å². The number of anilines is 1. The molecule has 20 heavy (non-hydrogen) atoms. The van der Waals surface area contributed by atoms with E-state index in [4.69, 9.17) is 0 Å². The van der Waals surface area contributed by atoms with Crippen molar-refractivity contribution >= 4 is 61.2 Å². The van der Waals surface area contributed by atoms with Crippen molar-refractivity contribution in [2.75, 3.05) is 5.32 Å². The van der Waals surface area contributed by atoms with E-state index >= 15 is 0 Å². The van der Waals surface area contributed by atoms with E-state index in [-0.39, 0.29) is 5.91 Å². The monoisotopic (exact) mass is 364 g/mol. The standard InChI is InChI=1S/C14H9BrN2OS2/c15-10-6-5-8(19)7-9(10)13(18)17-14-16-11-3-1-2-4-12(11)20-14/h1-7,19H,(H,16,17,18). The number of nitrogens with zero attached hydrogens (tertiary/aromatic N) is 1. The van der Waals surface area contributed by atoms with Crippen molar-refractivity contribution in [2.24, 2.45) is 0 Å². The van der Waals surface area contributed by atoms with E-state index in [0.29, 0.717) is 10.7 Å². The first kappa shape index (κ1) is 13.6. The Kier molecular flexibility index (Phi) is 3.78. The molecule has 2 aromatic carbocycles. The number of para-hydroxylation sites is 1. The molecule has 0 aliphatic rings. The van der Waals surface area contributed by atoms with E-state index in [1.54, 1.807) is 12.1 Å². The minimum Gasteiger partial charge on any atom is -0.298 e. The van der Waals surface area contributed by atoms with Gasteiger partial charge in [0.25, 0.3) is 5.91 Å². The van der Waals surface area contributed by atoms with Crippen LogP contribution in [0.5, 0.6) is 0 Å². The summed E-state index contributed by atoms with van der Waals surface area (Å²) < 4.78 is 1.78. The molecule has 0 saturated heterocycles. The number of thiol groups is 1. The minimum atomic E-state index is -0.202. The van der Waals surface area contributed by atoms with Crippen LogP contribution in [0.25, 0.3) is 10.2 Å². The maximum absolute atomic E-state index is 12.3. The van der Waals surface area contributed by atoms with Gasteiger partial charge in [-0.3, -0.25) is 10.1 Å². The Morgan fingerprint density at radius 1 is 1.25 bits per heavy atom. The van der Waals surface area contributed by atoms with Gasteiger partial charge in [0.05, 0.1) is 15.8 Å². The SMILES string of the molecule is O=C(Nc1nc2ccccc2s1)c1cc(S)ccc1Br. The lowest BCUT2D eigenvalue weighted by atomic mass is 10.2. The number of hydrogen-bond acceptors (Lipinski definition) is 4. The van der Waals surface area contributed by atoms with Gasteiger partial charge in [-0.15, -0.1) is 12.6 Å². The zero-order valence-corrected chi connectivity index (χ0v) is 13.4. The minimum absolute atomic E-state index is 0.202. The van der Waals surface area contributed by atoms with Crippen LogP contribution in [0.2, 0.25) is 0 Å². The fraction of sp³-hybridized carbons (Fsp3) is 0. The van der Waals surface area contributed by atoms with Gasteiger partial charge in [-0.1, -0.05) is 23.5 Å². The summed E-state index contributed by atoms with van der Waals surface area (Å²) >= 11 is 9.07. The lowest BCUT2D eigenvalue weighted by molar-refractivity contribution is 0.102. The zero-order valence-electron chi connectivity index (χ0n) is 10.1. The summed E-state index contributed by atoms with van der Waals surface area (Å²) in [6.07, 6.45) is 0. The topological polar surface area (TPSA) is 42.0 Å². The van der Waals surface area contributed by atoms with Crippen molar-refractivity contribution < 1.29 is 4.79 Å². The molecule has 0 bridgehead atoms. The van der Waals surface area contributed by atoms with E-state index in [0.717, 1.165) is 19.6 Å². The molecule has 0 saturated carbocycles. The molecule has 1 heterocycles. The second-order valence-corrected chi connectivity index (χ2v) is 6.51. The number of nitrogens with one attached hydrogen (secondary N) is 1. The Labute approximate surface area is 133 Å². The number of rotatable bonds is 2. The molecule has 6 heteroatoms. The molecule has 0 spiro atoms. The van der Waals surface area contributed by atoms with Crippen LogP contribution in [0.3, 0.4) is 0 Å². The molecule has 3 rings (SSSR count). The molecule has 3 aromatic rings. The molecule has 1 amide bonds. The number of thiazole rings is 1. The molecule has 0 atom stereocenters. The number of halogens is 1. The van der Waals surface area contributed by atoms with E-state index < -0.39 is 0 Å². The van der Waals surface area contributed by atoms with Crippen LogP contribution >= 0.6 is 39.9 Å². The van der Waals surface area contributed by atoms with E-state index in [9.17, 15) is 4.79 Å². The van der Waals surface area contributed by atoms with Crippen LogP contribution in [-0.2, 0) is 0 Å². The van der Waals surface area contributed by atoms with Crippen LogP contribution in [-0.4, -0.2) is 10.9 Å². The van der Waals surface area contributed by atoms with Crippen LogP contribution in [0.15, 0.2) is 51.8 Å². The van der Waals surface area contributed by atoms with E-state index in [2.05, 4.69) is 38.9 Å². The fourth-order valence-electron chi connectivity index (χ4n) is 1.78. The number of aromatic nitrogens is 1. The van der Waals surface area contributed by atoms with Crippen LogP contribution in [0, 0.1) is 0 Å². The first-order valence-electron chi connectivity index (χ1n) is 5.79. The summed E-state index contributed by atoms with van der Waals surface area (Å²) in [6, 6.07) is 13.1. The fourth-order valence-corrected chi connectivity index (χ4v) is 3.27. The van der Waals surface area contributed by atoms with Gasteiger partial charge in [-0.2, -0.15) is 0 Å². The molecular formula is C14H9BrN2OS2. The highest BCUT2D eigenvalue weighted by molar-refractivity contribution is 9.10. The third-order valence-electron chi connectivity index (χ3n) is 2.71. The summed E-state index contributed by atoms with van der Waals surface area (Å²) in [5, 5.41) is 3.41. The third kappa shape index (κ3) is 2.72. The number of carbonyl (C=O) groups excluding carboxylic acids is 1. The lowest BCUT2D eigenvalue weighted by Crippen LogP contribution is -2.12. The van der Waals surface area contributed by atoms with Crippen molar-refractivity contribution in [3.05, 3.63) is 52.5 Å². The number of fused-ring (bicyclic) bond motifs is 1. The van der Waals surface area contributed by atoms with Crippen molar-refractivity contribution in [1.82, 2.24) is 4.98 Å². The Morgan fingerprint density at radius 3 is 2.85 bits per heavy atom. The van der Waals surface area contributed by atoms with Crippen LogP contribution in [0.4, 0.5) is 5.13 Å². The molecule has 1 N–H and O–H groups in total. The Hall–Kier alpha value is -1.37. The highest BCUT2D eigenvalue weighted by atomic mass is 79.9. The normalized spacial score (nSPS) is 10.7. The Morgan fingerprint density at radius 2 is 2.05 bits per heavy atom. The van der Waals surface area contributed by atoms with Gasteiger partial charge in [-0.05, 0) is 46.3 Å². The van der Waals surface area contributed by atoms with Gasteiger partial charge in [-0.25, -0.2) is 4.98 Å². The van der Waals surface area contributed by atoms with Crippen molar-refractivity contribution in [3.63, 3.8) is 0 Å². The summed E-state index contributed by atoms with van der Waals surface area (Å²) in [7, 11) is 0. The predicted octanol–water partition coefficient (Wildman–Crippen LogP) is 4.60. The average Bonchev–Trinajstić information content (AvgIpc) is 2.83. The maximum atomic E-state index is 12.3. The molecule has 0 aliphatic heterocycles. The third-order valence-corrected chi connectivity index (χ3v) is 4.63. The molecule has 1 aromatic heterocycles.